The van der Waals surface area contributed by atoms with Crippen LogP contribution in [-0.2, 0) is 10.0 Å². The van der Waals surface area contributed by atoms with Gasteiger partial charge in [-0.2, -0.15) is 23.2 Å². The Morgan fingerprint density at radius 2 is 1.91 bits per heavy atom. The van der Waals surface area contributed by atoms with Gasteiger partial charge in [-0.15, -0.1) is 0 Å². The summed E-state index contributed by atoms with van der Waals surface area (Å²) in [6.45, 7) is 2.56. The molecule has 4 rings (SSSR count). The fourth-order valence-corrected chi connectivity index (χ4v) is 5.40. The lowest BCUT2D eigenvalue weighted by Crippen LogP contribution is -2.42. The molecule has 1 fully saturated rings. The third kappa shape index (κ3) is 4.32. The van der Waals surface area contributed by atoms with Crippen LogP contribution in [0.25, 0.3) is 22.4 Å². The maximum absolute atomic E-state index is 12.8. The molecule has 0 saturated heterocycles. The van der Waals surface area contributed by atoms with Crippen molar-refractivity contribution in [2.75, 3.05) is 0 Å². The van der Waals surface area contributed by atoms with Crippen LogP contribution in [0.4, 0.5) is 13.2 Å². The summed E-state index contributed by atoms with van der Waals surface area (Å²) in [6, 6.07) is 6.52. The highest BCUT2D eigenvalue weighted by molar-refractivity contribution is 7.89. The van der Waals surface area contributed by atoms with E-state index in [1.54, 1.807) is 4.72 Å². The number of nitriles is 1. The predicted octanol–water partition coefficient (Wildman–Crippen LogP) is 4.62. The van der Waals surface area contributed by atoms with Crippen LogP contribution in [0.1, 0.15) is 49.9 Å². The number of alkyl halides is 3. The van der Waals surface area contributed by atoms with Gasteiger partial charge >= 0.3 is 6.18 Å². The van der Waals surface area contributed by atoms with Crippen molar-refractivity contribution < 1.29 is 21.6 Å². The van der Waals surface area contributed by atoms with Gasteiger partial charge in [0.05, 0.1) is 16.9 Å². The van der Waals surface area contributed by atoms with Crippen molar-refractivity contribution in [1.82, 2.24) is 19.3 Å². The first kappa shape index (κ1) is 23.2. The summed E-state index contributed by atoms with van der Waals surface area (Å²) < 4.78 is 66.9. The zero-order valence-electron chi connectivity index (χ0n) is 18.0. The molecule has 0 radical (unpaired) electrons. The number of hydrogen-bond donors (Lipinski definition) is 1. The van der Waals surface area contributed by atoms with E-state index >= 15 is 0 Å². The maximum Gasteiger partial charge on any atom is 0.404 e. The smallest absolute Gasteiger partial charge is 0.334 e. The van der Waals surface area contributed by atoms with Gasteiger partial charge in [0, 0.05) is 17.9 Å². The molecule has 3 heterocycles. The lowest BCUT2D eigenvalue weighted by molar-refractivity contribution is -0.147. The number of sulfonamides is 1. The van der Waals surface area contributed by atoms with Gasteiger partial charge in [-0.25, -0.2) is 8.42 Å². The van der Waals surface area contributed by atoms with Gasteiger partial charge in [0.25, 0.3) is 0 Å². The highest BCUT2D eigenvalue weighted by Gasteiger charge is 2.39. The van der Waals surface area contributed by atoms with E-state index in [2.05, 4.69) is 16.0 Å². The monoisotopic (exact) mass is 477 g/mol. The van der Waals surface area contributed by atoms with Crippen molar-refractivity contribution in [3.63, 3.8) is 0 Å². The first-order valence-electron chi connectivity index (χ1n) is 10.5. The molecule has 3 aromatic rings. The molecule has 1 N–H and O–H groups in total. The number of nitrogens with zero attached hydrogens (tertiary/aromatic N) is 4. The summed E-state index contributed by atoms with van der Waals surface area (Å²) >= 11 is 0. The first-order valence-corrected chi connectivity index (χ1v) is 12.0. The Hall–Kier alpha value is -2.97. The minimum atomic E-state index is -4.71. The molecule has 7 nitrogen and oxygen atoms in total. The number of hydrogen-bond acceptors (Lipinski definition) is 5. The van der Waals surface area contributed by atoms with E-state index in [-0.39, 0.29) is 6.04 Å². The van der Waals surface area contributed by atoms with Gasteiger partial charge in [-0.3, -0.25) is 9.97 Å². The Bertz CT molecular complexity index is 1340. The average Bonchev–Trinajstić information content (AvgIpc) is 3.38. The molecule has 0 aromatic carbocycles. The van der Waals surface area contributed by atoms with Crippen LogP contribution in [0.2, 0.25) is 0 Å². The molecule has 1 aliphatic carbocycles. The van der Waals surface area contributed by atoms with E-state index in [9.17, 15) is 26.9 Å². The SMILES string of the molecule is Cc1ccc2c(n1)c(C#N)c(-c1ccc(S(=O)(=O)N[C@@H](C)C(F)(F)F)cn1)n2C1CCCC1. The van der Waals surface area contributed by atoms with Crippen LogP contribution >= 0.6 is 0 Å². The molecule has 33 heavy (non-hydrogen) atoms. The van der Waals surface area contributed by atoms with Gasteiger partial charge in [0.15, 0.2) is 0 Å². The van der Waals surface area contributed by atoms with Crippen molar-refractivity contribution in [2.45, 2.75) is 62.7 Å². The van der Waals surface area contributed by atoms with Gasteiger partial charge < -0.3 is 4.57 Å². The second-order valence-electron chi connectivity index (χ2n) is 8.23. The normalized spacial score (nSPS) is 16.2. The summed E-state index contributed by atoms with van der Waals surface area (Å²) in [5.74, 6) is 0. The van der Waals surface area contributed by atoms with Gasteiger partial charge in [0.1, 0.15) is 28.1 Å². The molecule has 0 bridgehead atoms. The third-order valence-electron chi connectivity index (χ3n) is 5.90. The molecule has 1 saturated carbocycles. The first-order chi connectivity index (χ1) is 15.5. The Morgan fingerprint density at radius 3 is 2.48 bits per heavy atom. The van der Waals surface area contributed by atoms with Gasteiger partial charge in [-0.1, -0.05) is 12.8 Å². The van der Waals surface area contributed by atoms with E-state index in [1.807, 2.05) is 23.6 Å². The molecule has 1 aliphatic rings. The van der Waals surface area contributed by atoms with E-state index in [4.69, 9.17) is 0 Å². The lowest BCUT2D eigenvalue weighted by atomic mass is 10.1. The molecule has 0 aliphatic heterocycles. The molecule has 1 atom stereocenters. The minimum absolute atomic E-state index is 0.147. The van der Waals surface area contributed by atoms with E-state index in [0.29, 0.717) is 22.5 Å². The van der Waals surface area contributed by atoms with Crippen LogP contribution in [0.15, 0.2) is 35.4 Å². The molecular formula is C22H22F3N5O2S. The standard InChI is InChI=1S/C22H22F3N5O2S/c1-13-7-10-19-20(28-13)17(11-26)21(30(19)15-5-3-4-6-15)18-9-8-16(12-27-18)33(31,32)29-14(2)22(23,24)25/h7-10,12,14-15,29H,3-6H2,1-2H3/t14-/m0/s1. The second-order valence-corrected chi connectivity index (χ2v) is 9.94. The Balaban J connectivity index is 1.81. The van der Waals surface area contributed by atoms with Crippen molar-refractivity contribution >= 4 is 21.1 Å². The van der Waals surface area contributed by atoms with Crippen LogP contribution < -0.4 is 4.72 Å². The topological polar surface area (TPSA) is 101 Å². The minimum Gasteiger partial charge on any atom is -0.334 e. The number of aryl methyl sites for hydroxylation is 1. The summed E-state index contributed by atoms with van der Waals surface area (Å²) in [6.07, 6.45) is 0.270. The Kier molecular flexibility index (Phi) is 5.92. The molecular weight excluding hydrogens is 455 g/mol. The van der Waals surface area contributed by atoms with Crippen LogP contribution in [0.5, 0.6) is 0 Å². The molecule has 0 amide bonds. The van der Waals surface area contributed by atoms with Crippen molar-refractivity contribution in [3.05, 3.63) is 41.7 Å². The fraction of sp³-hybridized carbons (Fsp3) is 0.409. The number of pyridine rings is 2. The molecule has 11 heteroatoms. The third-order valence-corrected chi connectivity index (χ3v) is 7.43. The number of aromatic nitrogens is 3. The maximum atomic E-state index is 12.8. The zero-order valence-corrected chi connectivity index (χ0v) is 18.8. The van der Waals surface area contributed by atoms with Gasteiger partial charge in [-0.05, 0) is 51.0 Å². The molecule has 0 spiro atoms. The largest absolute Gasteiger partial charge is 0.404 e. The Morgan fingerprint density at radius 1 is 1.21 bits per heavy atom. The van der Waals surface area contributed by atoms with E-state index in [0.717, 1.165) is 50.0 Å². The summed E-state index contributed by atoms with van der Waals surface area (Å²) in [5.41, 5.74) is 3.35. The predicted molar refractivity (Wildman–Crippen MR) is 116 cm³/mol. The average molecular weight is 478 g/mol. The highest BCUT2D eigenvalue weighted by atomic mass is 32.2. The highest BCUT2D eigenvalue weighted by Crippen LogP contribution is 2.40. The van der Waals surface area contributed by atoms with Crippen LogP contribution in [0, 0.1) is 18.3 Å². The quantitative estimate of drug-likeness (QED) is 0.578. The fourth-order valence-electron chi connectivity index (χ4n) is 4.23. The number of halogens is 3. The van der Waals surface area contributed by atoms with Crippen molar-refractivity contribution in [3.8, 4) is 17.5 Å². The van der Waals surface area contributed by atoms with Crippen LogP contribution in [0.3, 0.4) is 0 Å². The summed E-state index contributed by atoms with van der Waals surface area (Å²) in [5, 5.41) is 9.94. The van der Waals surface area contributed by atoms with Crippen molar-refractivity contribution in [1.29, 1.82) is 5.26 Å². The molecule has 174 valence electrons. The van der Waals surface area contributed by atoms with Crippen molar-refractivity contribution in [2.24, 2.45) is 0 Å². The molecule has 0 unspecified atom stereocenters. The molecule has 3 aromatic heterocycles. The Labute approximate surface area is 189 Å². The zero-order chi connectivity index (χ0) is 24.0. The number of fused-ring (bicyclic) bond motifs is 1. The number of nitrogens with one attached hydrogen (secondary N) is 1. The van der Waals surface area contributed by atoms with E-state index in [1.165, 1.54) is 12.1 Å². The summed E-state index contributed by atoms with van der Waals surface area (Å²) in [4.78, 5) is 8.41. The van der Waals surface area contributed by atoms with Crippen LogP contribution in [-0.4, -0.2) is 35.2 Å². The number of rotatable bonds is 5. The van der Waals surface area contributed by atoms with E-state index < -0.39 is 27.1 Å². The second kappa shape index (κ2) is 8.43. The van der Waals surface area contributed by atoms with Gasteiger partial charge in [0.2, 0.25) is 10.0 Å². The lowest BCUT2D eigenvalue weighted by Gasteiger charge is -2.18. The summed E-state index contributed by atoms with van der Waals surface area (Å²) in [7, 11) is -4.43.